The first-order chi connectivity index (χ1) is 17.7. The third kappa shape index (κ3) is 9.58. The van der Waals surface area contributed by atoms with E-state index in [0.717, 1.165) is 36.3 Å². The van der Waals surface area contributed by atoms with Gasteiger partial charge in [0, 0.05) is 18.4 Å². The third-order valence-electron chi connectivity index (χ3n) is 6.35. The molecule has 0 spiro atoms. The van der Waals surface area contributed by atoms with Crippen molar-refractivity contribution in [2.24, 2.45) is 0 Å². The van der Waals surface area contributed by atoms with E-state index < -0.39 is 0 Å². The first-order valence-corrected chi connectivity index (χ1v) is 13.6. The zero-order chi connectivity index (χ0) is 25.4. The standard InChI is InChI=1S/C32H41NO3/c1-3-5-7-9-11-23-35-25-27-15-22-31(33-24-27)28-18-20-30(21-19-28)36-32(34)29-16-13-26(14-17-29)12-10-8-6-4-2/h13-22,24H,3-12,23,25H2,1-2H3. The number of nitrogens with zero attached hydrogens (tertiary/aromatic N) is 1. The smallest absolute Gasteiger partial charge is 0.343 e. The van der Waals surface area contributed by atoms with Gasteiger partial charge in [-0.3, -0.25) is 4.98 Å². The summed E-state index contributed by atoms with van der Waals surface area (Å²) in [5, 5.41) is 0. The van der Waals surface area contributed by atoms with Crippen LogP contribution in [-0.4, -0.2) is 17.6 Å². The Morgan fingerprint density at radius 2 is 1.39 bits per heavy atom. The molecule has 4 heteroatoms. The number of ether oxygens (including phenoxy) is 2. The first-order valence-electron chi connectivity index (χ1n) is 13.6. The van der Waals surface area contributed by atoms with E-state index in [1.165, 1.54) is 56.9 Å². The van der Waals surface area contributed by atoms with Gasteiger partial charge < -0.3 is 9.47 Å². The van der Waals surface area contributed by atoms with Crippen molar-refractivity contribution in [1.29, 1.82) is 0 Å². The van der Waals surface area contributed by atoms with Crippen LogP contribution in [0.5, 0.6) is 5.75 Å². The van der Waals surface area contributed by atoms with Crippen molar-refractivity contribution < 1.29 is 14.3 Å². The van der Waals surface area contributed by atoms with E-state index in [1.807, 2.05) is 60.8 Å². The van der Waals surface area contributed by atoms with Gasteiger partial charge >= 0.3 is 5.97 Å². The summed E-state index contributed by atoms with van der Waals surface area (Å²) in [5.41, 5.74) is 4.76. The predicted molar refractivity (Wildman–Crippen MR) is 147 cm³/mol. The predicted octanol–water partition coefficient (Wildman–Crippen LogP) is 8.58. The number of rotatable bonds is 16. The quantitative estimate of drug-likeness (QED) is 0.115. The van der Waals surface area contributed by atoms with E-state index in [1.54, 1.807) is 0 Å². The summed E-state index contributed by atoms with van der Waals surface area (Å²) in [5.74, 6) is 0.185. The zero-order valence-corrected chi connectivity index (χ0v) is 22.0. The summed E-state index contributed by atoms with van der Waals surface area (Å²) in [7, 11) is 0. The highest BCUT2D eigenvalue weighted by atomic mass is 16.5. The van der Waals surface area contributed by atoms with E-state index >= 15 is 0 Å². The molecule has 0 fully saturated rings. The highest BCUT2D eigenvalue weighted by Gasteiger charge is 2.09. The molecule has 0 aliphatic heterocycles. The van der Waals surface area contributed by atoms with Gasteiger partial charge in [-0.2, -0.15) is 0 Å². The second-order valence-corrected chi connectivity index (χ2v) is 9.44. The molecule has 4 nitrogen and oxygen atoms in total. The van der Waals surface area contributed by atoms with Gasteiger partial charge in [-0.25, -0.2) is 4.79 Å². The SMILES string of the molecule is CCCCCCCOCc1ccc(-c2ccc(OC(=O)c3ccc(CCCCCC)cc3)cc2)nc1. The Labute approximate surface area is 217 Å². The van der Waals surface area contributed by atoms with Gasteiger partial charge in [0.1, 0.15) is 5.75 Å². The fourth-order valence-electron chi connectivity index (χ4n) is 4.10. The monoisotopic (exact) mass is 487 g/mol. The molecule has 0 N–H and O–H groups in total. The van der Waals surface area contributed by atoms with Crippen LogP contribution in [0.4, 0.5) is 0 Å². The molecule has 1 aromatic heterocycles. The van der Waals surface area contributed by atoms with Gasteiger partial charge in [0.2, 0.25) is 0 Å². The number of hydrogen-bond donors (Lipinski definition) is 0. The summed E-state index contributed by atoms with van der Waals surface area (Å²) in [6.07, 6.45) is 14.1. The fraction of sp³-hybridized carbons (Fsp3) is 0.438. The van der Waals surface area contributed by atoms with Crippen molar-refractivity contribution in [1.82, 2.24) is 4.98 Å². The van der Waals surface area contributed by atoms with E-state index in [9.17, 15) is 4.79 Å². The number of benzene rings is 2. The van der Waals surface area contributed by atoms with E-state index in [-0.39, 0.29) is 5.97 Å². The lowest BCUT2D eigenvalue weighted by molar-refractivity contribution is 0.0734. The van der Waals surface area contributed by atoms with Gasteiger partial charge in [0.05, 0.1) is 17.9 Å². The lowest BCUT2D eigenvalue weighted by Gasteiger charge is -2.08. The Balaban J connectivity index is 1.44. The van der Waals surface area contributed by atoms with Gasteiger partial charge in [-0.15, -0.1) is 0 Å². The number of unbranched alkanes of at least 4 members (excludes halogenated alkanes) is 7. The Hall–Kier alpha value is -2.98. The van der Waals surface area contributed by atoms with E-state index in [2.05, 4.69) is 24.9 Å². The molecular weight excluding hydrogens is 446 g/mol. The molecule has 0 saturated heterocycles. The van der Waals surface area contributed by atoms with Crippen LogP contribution in [0.3, 0.4) is 0 Å². The van der Waals surface area contributed by atoms with Gasteiger partial charge in [-0.05, 0) is 72.9 Å². The van der Waals surface area contributed by atoms with Crippen LogP contribution in [0.15, 0.2) is 66.9 Å². The summed E-state index contributed by atoms with van der Waals surface area (Å²) in [6.45, 7) is 5.84. The van der Waals surface area contributed by atoms with Crippen LogP contribution >= 0.6 is 0 Å². The second kappa shape index (κ2) is 15.9. The Morgan fingerprint density at radius 3 is 2.06 bits per heavy atom. The number of esters is 1. The maximum atomic E-state index is 12.5. The number of hydrogen-bond acceptors (Lipinski definition) is 4. The zero-order valence-electron chi connectivity index (χ0n) is 22.0. The summed E-state index contributed by atoms with van der Waals surface area (Å²) >= 11 is 0. The minimum absolute atomic E-state index is 0.340. The largest absolute Gasteiger partial charge is 0.423 e. The summed E-state index contributed by atoms with van der Waals surface area (Å²) < 4.78 is 11.4. The first kappa shape index (κ1) is 27.6. The van der Waals surface area contributed by atoms with Crippen LogP contribution in [0.25, 0.3) is 11.3 Å². The fourth-order valence-corrected chi connectivity index (χ4v) is 4.10. The van der Waals surface area contributed by atoms with Gasteiger partial charge in [0.15, 0.2) is 0 Å². The average Bonchev–Trinajstić information content (AvgIpc) is 2.92. The maximum Gasteiger partial charge on any atom is 0.343 e. The van der Waals surface area contributed by atoms with Crippen molar-refractivity contribution in [2.75, 3.05) is 6.61 Å². The molecule has 192 valence electrons. The molecule has 2 aromatic carbocycles. The average molecular weight is 488 g/mol. The Bertz CT molecular complexity index is 1010. The number of pyridine rings is 1. The van der Waals surface area contributed by atoms with Crippen molar-refractivity contribution in [2.45, 2.75) is 84.7 Å². The molecule has 36 heavy (non-hydrogen) atoms. The molecule has 0 amide bonds. The number of aryl methyl sites for hydroxylation is 1. The number of carbonyl (C=O) groups excluding carboxylic acids is 1. The molecule has 3 rings (SSSR count). The molecule has 0 radical (unpaired) electrons. The third-order valence-corrected chi connectivity index (χ3v) is 6.35. The molecule has 3 aromatic rings. The van der Waals surface area contributed by atoms with Crippen molar-refractivity contribution in [3.8, 4) is 17.0 Å². The molecule has 0 bridgehead atoms. The molecule has 0 unspecified atom stereocenters. The lowest BCUT2D eigenvalue weighted by Crippen LogP contribution is -2.08. The van der Waals surface area contributed by atoms with Crippen molar-refractivity contribution in [3.05, 3.63) is 83.6 Å². The van der Waals surface area contributed by atoms with Crippen molar-refractivity contribution >= 4 is 5.97 Å². The highest BCUT2D eigenvalue weighted by molar-refractivity contribution is 5.91. The van der Waals surface area contributed by atoms with Crippen LogP contribution in [0, 0.1) is 0 Å². The lowest BCUT2D eigenvalue weighted by atomic mass is 10.0. The summed E-state index contributed by atoms with van der Waals surface area (Å²) in [4.78, 5) is 17.1. The van der Waals surface area contributed by atoms with E-state index in [0.29, 0.717) is 17.9 Å². The minimum Gasteiger partial charge on any atom is -0.423 e. The Kier molecular flexibility index (Phi) is 12.2. The molecular formula is C32H41NO3. The Morgan fingerprint density at radius 1 is 0.722 bits per heavy atom. The van der Waals surface area contributed by atoms with Crippen LogP contribution in [0.2, 0.25) is 0 Å². The number of aromatic nitrogens is 1. The molecule has 0 aliphatic rings. The molecule has 0 saturated carbocycles. The van der Waals surface area contributed by atoms with Crippen molar-refractivity contribution in [3.63, 3.8) is 0 Å². The van der Waals surface area contributed by atoms with Gasteiger partial charge in [0.25, 0.3) is 0 Å². The normalized spacial score (nSPS) is 10.9. The highest BCUT2D eigenvalue weighted by Crippen LogP contribution is 2.22. The second-order valence-electron chi connectivity index (χ2n) is 9.44. The molecule has 0 atom stereocenters. The van der Waals surface area contributed by atoms with Crippen LogP contribution in [0.1, 0.15) is 93.1 Å². The number of carbonyl (C=O) groups is 1. The summed E-state index contributed by atoms with van der Waals surface area (Å²) in [6, 6.07) is 19.3. The van der Waals surface area contributed by atoms with Gasteiger partial charge in [-0.1, -0.05) is 77.0 Å². The topological polar surface area (TPSA) is 48.4 Å². The molecule has 0 aliphatic carbocycles. The van der Waals surface area contributed by atoms with Crippen LogP contribution < -0.4 is 4.74 Å². The minimum atomic E-state index is -0.340. The van der Waals surface area contributed by atoms with Crippen LogP contribution in [-0.2, 0) is 17.8 Å². The molecule has 1 heterocycles. The maximum absolute atomic E-state index is 12.5. The van der Waals surface area contributed by atoms with E-state index in [4.69, 9.17) is 9.47 Å².